The summed E-state index contributed by atoms with van der Waals surface area (Å²) in [5.41, 5.74) is 0.674. The Morgan fingerprint density at radius 2 is 1.88 bits per heavy atom. The minimum Gasteiger partial charge on any atom is -0.478 e. The first-order valence-corrected chi connectivity index (χ1v) is 7.43. The number of carbonyl (C=O) groups excluding carboxylic acids is 1. The average molecular weight is 344 g/mol. The second-order valence-electron chi connectivity index (χ2n) is 5.50. The highest BCUT2D eigenvalue weighted by atomic mass is 19.1. The lowest BCUT2D eigenvalue weighted by Crippen LogP contribution is -2.19. The third-order valence-corrected chi connectivity index (χ3v) is 3.94. The van der Waals surface area contributed by atoms with Crippen molar-refractivity contribution in [3.05, 3.63) is 70.9 Å². The minimum absolute atomic E-state index is 0.0115. The molecule has 3 rings (SSSR count). The summed E-state index contributed by atoms with van der Waals surface area (Å²) in [7, 11) is 1.41. The highest BCUT2D eigenvalue weighted by Gasteiger charge is 2.18. The van der Waals surface area contributed by atoms with Gasteiger partial charge < -0.3 is 15.0 Å². The van der Waals surface area contributed by atoms with Crippen LogP contribution in [0.3, 0.4) is 0 Å². The number of aromatic carboxylic acids is 1. The highest BCUT2D eigenvalue weighted by Crippen LogP contribution is 2.25. The molecule has 0 aliphatic carbocycles. The number of benzene rings is 2. The van der Waals surface area contributed by atoms with Gasteiger partial charge in [-0.15, -0.1) is 0 Å². The maximum atomic E-state index is 14.1. The summed E-state index contributed by atoms with van der Waals surface area (Å²) in [4.78, 5) is 22.9. The van der Waals surface area contributed by atoms with Gasteiger partial charge in [0.05, 0.1) is 16.6 Å². The van der Waals surface area contributed by atoms with Gasteiger partial charge in [-0.05, 0) is 29.8 Å². The molecule has 0 bridgehead atoms. The molecular weight excluding hydrogens is 330 g/mol. The van der Waals surface area contributed by atoms with E-state index in [2.05, 4.69) is 5.32 Å². The Hall–Kier alpha value is -3.22. The normalized spacial score (nSPS) is 10.8. The zero-order chi connectivity index (χ0) is 18.1. The van der Waals surface area contributed by atoms with Crippen molar-refractivity contribution < 1.29 is 23.5 Å². The maximum Gasteiger partial charge on any atom is 0.337 e. The van der Waals surface area contributed by atoms with E-state index >= 15 is 0 Å². The molecule has 0 radical (unpaired) electrons. The van der Waals surface area contributed by atoms with Crippen LogP contribution < -0.4 is 5.32 Å². The molecule has 1 aromatic heterocycles. The third kappa shape index (κ3) is 2.96. The number of carbonyl (C=O) groups is 2. The fraction of sp³-hybridized carbons (Fsp3) is 0.111. The summed E-state index contributed by atoms with van der Waals surface area (Å²) in [5, 5.41) is 11.6. The summed E-state index contributed by atoms with van der Waals surface area (Å²) < 4.78 is 29.6. The first-order chi connectivity index (χ1) is 11.9. The number of hydrogen-bond donors (Lipinski definition) is 2. The number of halogens is 2. The van der Waals surface area contributed by atoms with E-state index < -0.39 is 23.5 Å². The second-order valence-corrected chi connectivity index (χ2v) is 5.50. The number of amides is 1. The number of carboxylic acids is 1. The molecule has 3 aromatic rings. The summed E-state index contributed by atoms with van der Waals surface area (Å²) in [6.07, 6.45) is 1.32. The van der Waals surface area contributed by atoms with E-state index in [-0.39, 0.29) is 23.1 Å². The molecule has 1 amide bonds. The Balaban J connectivity index is 2.04. The quantitative estimate of drug-likeness (QED) is 0.764. The Morgan fingerprint density at radius 3 is 2.52 bits per heavy atom. The topological polar surface area (TPSA) is 71.3 Å². The zero-order valence-corrected chi connectivity index (χ0v) is 13.2. The van der Waals surface area contributed by atoms with Gasteiger partial charge in [0, 0.05) is 25.2 Å². The number of aromatic nitrogens is 1. The number of nitrogens with zero attached hydrogens (tertiary/aromatic N) is 1. The molecule has 7 heteroatoms. The molecule has 2 aromatic carbocycles. The molecule has 128 valence electrons. The monoisotopic (exact) mass is 344 g/mol. The van der Waals surface area contributed by atoms with Gasteiger partial charge in [-0.25, -0.2) is 13.6 Å². The smallest absolute Gasteiger partial charge is 0.337 e. The van der Waals surface area contributed by atoms with E-state index in [1.807, 2.05) is 0 Å². The van der Waals surface area contributed by atoms with Gasteiger partial charge in [0.1, 0.15) is 11.6 Å². The van der Waals surface area contributed by atoms with Crippen molar-refractivity contribution in [3.8, 4) is 0 Å². The van der Waals surface area contributed by atoms with Gasteiger partial charge in [0.15, 0.2) is 0 Å². The summed E-state index contributed by atoms with van der Waals surface area (Å²) in [5.74, 6) is -3.09. The van der Waals surface area contributed by atoms with Crippen molar-refractivity contribution >= 4 is 22.8 Å². The van der Waals surface area contributed by atoms with Crippen molar-refractivity contribution in [2.75, 3.05) is 7.05 Å². The van der Waals surface area contributed by atoms with Gasteiger partial charge in [-0.2, -0.15) is 0 Å². The first-order valence-electron chi connectivity index (χ1n) is 7.43. The molecule has 0 saturated carbocycles. The number of nitrogens with one attached hydrogen (secondary N) is 1. The van der Waals surface area contributed by atoms with Crippen LogP contribution in [0.2, 0.25) is 0 Å². The number of carboxylic acid groups (broad SMARTS) is 1. The molecule has 0 fully saturated rings. The lowest BCUT2D eigenvalue weighted by Gasteiger charge is -2.08. The molecule has 0 unspecified atom stereocenters. The fourth-order valence-corrected chi connectivity index (χ4v) is 2.77. The van der Waals surface area contributed by atoms with Crippen LogP contribution in [0.4, 0.5) is 8.78 Å². The highest BCUT2D eigenvalue weighted by molar-refractivity contribution is 6.03. The van der Waals surface area contributed by atoms with E-state index in [4.69, 9.17) is 0 Å². The van der Waals surface area contributed by atoms with Crippen molar-refractivity contribution in [3.63, 3.8) is 0 Å². The minimum atomic E-state index is -1.24. The van der Waals surface area contributed by atoms with Crippen LogP contribution in [0.25, 0.3) is 10.9 Å². The predicted octanol–water partition coefficient (Wildman–Crippen LogP) is 3.03. The first kappa shape index (κ1) is 16.6. The summed E-state index contributed by atoms with van der Waals surface area (Å²) in [6.45, 7) is 0.137. The largest absolute Gasteiger partial charge is 0.478 e. The van der Waals surface area contributed by atoms with Gasteiger partial charge >= 0.3 is 5.97 Å². The van der Waals surface area contributed by atoms with Crippen LogP contribution in [0.1, 0.15) is 26.3 Å². The molecule has 5 nitrogen and oxygen atoms in total. The lowest BCUT2D eigenvalue weighted by molar-refractivity contribution is 0.0698. The molecule has 1 heterocycles. The Bertz CT molecular complexity index is 995. The molecule has 25 heavy (non-hydrogen) atoms. The van der Waals surface area contributed by atoms with Crippen LogP contribution >= 0.6 is 0 Å². The van der Waals surface area contributed by atoms with Crippen LogP contribution in [-0.2, 0) is 6.54 Å². The Morgan fingerprint density at radius 1 is 1.12 bits per heavy atom. The van der Waals surface area contributed by atoms with Gasteiger partial charge in [0.2, 0.25) is 0 Å². The Kier molecular flexibility index (Phi) is 4.22. The van der Waals surface area contributed by atoms with E-state index in [1.165, 1.54) is 42.1 Å². The van der Waals surface area contributed by atoms with E-state index in [9.17, 15) is 23.5 Å². The van der Waals surface area contributed by atoms with Gasteiger partial charge in [0.25, 0.3) is 5.91 Å². The SMILES string of the molecule is CNC(=O)c1ccc(Cn2cc(C(=O)O)c3c(F)cccc32)cc1F. The molecule has 0 aliphatic rings. The Labute approximate surface area is 141 Å². The van der Waals surface area contributed by atoms with Crippen LogP contribution in [0.5, 0.6) is 0 Å². The predicted molar refractivity (Wildman–Crippen MR) is 87.7 cm³/mol. The van der Waals surface area contributed by atoms with Gasteiger partial charge in [-0.3, -0.25) is 4.79 Å². The standard InChI is InChI=1S/C18H14F2N2O3/c1-21-17(23)11-6-5-10(7-14(11)20)8-22-9-12(18(24)25)16-13(19)3-2-4-15(16)22/h2-7,9H,8H2,1H3,(H,21,23)(H,24,25). The molecule has 0 spiro atoms. The average Bonchev–Trinajstić information content (AvgIpc) is 2.95. The summed E-state index contributed by atoms with van der Waals surface area (Å²) in [6, 6.07) is 8.40. The molecule has 0 aliphatic heterocycles. The number of hydrogen-bond acceptors (Lipinski definition) is 2. The fourth-order valence-electron chi connectivity index (χ4n) is 2.77. The molecule has 0 saturated heterocycles. The van der Waals surface area contributed by atoms with E-state index in [1.54, 1.807) is 12.1 Å². The van der Waals surface area contributed by atoms with Crippen molar-refractivity contribution in [1.29, 1.82) is 0 Å². The maximum absolute atomic E-state index is 14.1. The van der Waals surface area contributed by atoms with Crippen molar-refractivity contribution in [1.82, 2.24) is 9.88 Å². The molecule has 0 atom stereocenters. The summed E-state index contributed by atoms with van der Waals surface area (Å²) >= 11 is 0. The molecular formula is C18H14F2N2O3. The van der Waals surface area contributed by atoms with Crippen molar-refractivity contribution in [2.24, 2.45) is 0 Å². The van der Waals surface area contributed by atoms with Crippen LogP contribution in [0, 0.1) is 11.6 Å². The molecule has 2 N–H and O–H groups in total. The van der Waals surface area contributed by atoms with Gasteiger partial charge in [-0.1, -0.05) is 12.1 Å². The second kappa shape index (κ2) is 6.35. The van der Waals surface area contributed by atoms with E-state index in [0.717, 1.165) is 0 Å². The third-order valence-electron chi connectivity index (χ3n) is 3.94. The van der Waals surface area contributed by atoms with E-state index in [0.29, 0.717) is 11.1 Å². The lowest BCUT2D eigenvalue weighted by atomic mass is 10.1. The zero-order valence-electron chi connectivity index (χ0n) is 13.2. The van der Waals surface area contributed by atoms with Crippen molar-refractivity contribution in [2.45, 2.75) is 6.54 Å². The number of rotatable bonds is 4. The van der Waals surface area contributed by atoms with Crippen LogP contribution in [-0.4, -0.2) is 28.6 Å². The number of fused-ring (bicyclic) bond motifs is 1. The van der Waals surface area contributed by atoms with Crippen LogP contribution in [0.15, 0.2) is 42.6 Å².